The molecule has 0 saturated heterocycles. The van der Waals surface area contributed by atoms with Crippen molar-refractivity contribution in [3.63, 3.8) is 0 Å². The van der Waals surface area contributed by atoms with Crippen LogP contribution in [0.25, 0.3) is 0 Å². The molecule has 1 N–H and O–H groups in total. The van der Waals surface area contributed by atoms with Crippen LogP contribution in [0, 0.1) is 31.6 Å². The van der Waals surface area contributed by atoms with Gasteiger partial charge in [-0.2, -0.15) is 0 Å². The molecule has 2 nitrogen and oxygen atoms in total. The molecule has 5 rings (SSSR count). The van der Waals surface area contributed by atoms with E-state index in [-0.39, 0.29) is 0 Å². The van der Waals surface area contributed by atoms with Crippen molar-refractivity contribution in [2.45, 2.75) is 57.9 Å². The molecular weight excluding hydrogens is 300 g/mol. The quantitative estimate of drug-likeness (QED) is 0.777. The zero-order valence-corrected chi connectivity index (χ0v) is 15.4. The minimum atomic E-state index is 0.330. The number of thiocarbonyl (C=S) groups is 1. The number of hydrogen-bond acceptors (Lipinski definition) is 1. The molecule has 4 aliphatic carbocycles. The first-order chi connectivity index (χ1) is 10.9. The predicted molar refractivity (Wildman–Crippen MR) is 101 cm³/mol. The highest BCUT2D eigenvalue weighted by atomic mass is 32.1. The second kappa shape index (κ2) is 5.47. The van der Waals surface area contributed by atoms with E-state index in [1.54, 1.807) is 0 Å². The Balaban J connectivity index is 1.53. The smallest absolute Gasteiger partial charge is 0.173 e. The van der Waals surface area contributed by atoms with E-state index < -0.39 is 0 Å². The van der Waals surface area contributed by atoms with Crippen LogP contribution in [0.1, 0.15) is 49.7 Å². The van der Waals surface area contributed by atoms with Crippen LogP contribution in [0.3, 0.4) is 0 Å². The zero-order chi connectivity index (χ0) is 16.2. The molecule has 0 heterocycles. The third-order valence-corrected chi connectivity index (χ3v) is 7.03. The van der Waals surface area contributed by atoms with Crippen LogP contribution in [0.15, 0.2) is 18.2 Å². The Morgan fingerprint density at radius 2 is 1.65 bits per heavy atom. The molecule has 0 aliphatic heterocycles. The van der Waals surface area contributed by atoms with Gasteiger partial charge in [-0.15, -0.1) is 0 Å². The monoisotopic (exact) mass is 328 g/mol. The fraction of sp³-hybridized carbons (Fsp3) is 0.650. The minimum Gasteiger partial charge on any atom is -0.346 e. The molecular formula is C20H28N2S. The van der Waals surface area contributed by atoms with E-state index in [9.17, 15) is 0 Å². The van der Waals surface area contributed by atoms with Crippen molar-refractivity contribution in [2.24, 2.45) is 17.8 Å². The molecule has 0 atom stereocenters. The van der Waals surface area contributed by atoms with Gasteiger partial charge in [-0.3, -0.25) is 0 Å². The van der Waals surface area contributed by atoms with E-state index >= 15 is 0 Å². The lowest BCUT2D eigenvalue weighted by Gasteiger charge is -2.60. The lowest BCUT2D eigenvalue weighted by molar-refractivity contribution is -0.0538. The maximum absolute atomic E-state index is 5.81. The van der Waals surface area contributed by atoms with E-state index in [0.717, 1.165) is 28.6 Å². The molecule has 4 fully saturated rings. The van der Waals surface area contributed by atoms with E-state index in [4.69, 9.17) is 12.2 Å². The van der Waals surface area contributed by atoms with Gasteiger partial charge in [-0.25, -0.2) is 0 Å². The Morgan fingerprint density at radius 1 is 1.09 bits per heavy atom. The number of benzene rings is 1. The summed E-state index contributed by atoms with van der Waals surface area (Å²) < 4.78 is 0. The highest BCUT2D eigenvalue weighted by molar-refractivity contribution is 7.80. The molecule has 4 aliphatic rings. The van der Waals surface area contributed by atoms with Gasteiger partial charge in [-0.05, 0) is 99.5 Å². The number of aryl methyl sites for hydroxylation is 2. The summed E-state index contributed by atoms with van der Waals surface area (Å²) in [6, 6.07) is 6.53. The average Bonchev–Trinajstić information content (AvgIpc) is 2.48. The Labute approximate surface area is 145 Å². The van der Waals surface area contributed by atoms with Crippen LogP contribution >= 0.6 is 12.2 Å². The van der Waals surface area contributed by atoms with Gasteiger partial charge in [0.05, 0.1) is 0 Å². The number of anilines is 1. The third-order valence-electron chi connectivity index (χ3n) is 6.66. The lowest BCUT2D eigenvalue weighted by atomic mass is 9.52. The summed E-state index contributed by atoms with van der Waals surface area (Å²) >= 11 is 5.81. The topological polar surface area (TPSA) is 15.3 Å². The third kappa shape index (κ3) is 2.67. The van der Waals surface area contributed by atoms with Gasteiger partial charge in [0.25, 0.3) is 0 Å². The van der Waals surface area contributed by atoms with Crippen molar-refractivity contribution in [3.8, 4) is 0 Å². The van der Waals surface area contributed by atoms with Crippen molar-refractivity contribution in [1.82, 2.24) is 4.90 Å². The molecule has 0 radical (unpaired) electrons. The summed E-state index contributed by atoms with van der Waals surface area (Å²) in [5, 5.41) is 4.44. The minimum absolute atomic E-state index is 0.330. The van der Waals surface area contributed by atoms with Gasteiger partial charge in [0.15, 0.2) is 5.11 Å². The Morgan fingerprint density at radius 3 is 2.22 bits per heavy atom. The van der Waals surface area contributed by atoms with Crippen molar-refractivity contribution in [1.29, 1.82) is 0 Å². The zero-order valence-electron chi connectivity index (χ0n) is 14.6. The largest absolute Gasteiger partial charge is 0.346 e. The SMILES string of the molecule is Cc1ccc(C)c(NC(=S)N(C)C23CC4CC(CC(C4)C2)C3)c1. The highest BCUT2D eigenvalue weighted by Gasteiger charge is 2.53. The van der Waals surface area contributed by atoms with Crippen molar-refractivity contribution >= 4 is 23.0 Å². The summed E-state index contributed by atoms with van der Waals surface area (Å²) in [5.41, 5.74) is 4.03. The Kier molecular flexibility index (Phi) is 3.67. The number of hydrogen-bond donors (Lipinski definition) is 1. The first-order valence-corrected chi connectivity index (χ1v) is 9.48. The molecule has 1 aromatic rings. The number of rotatable bonds is 2. The van der Waals surface area contributed by atoms with Crippen LogP contribution in [0.4, 0.5) is 5.69 Å². The summed E-state index contributed by atoms with van der Waals surface area (Å²) in [6.45, 7) is 4.28. The average molecular weight is 329 g/mol. The molecule has 23 heavy (non-hydrogen) atoms. The molecule has 3 heteroatoms. The fourth-order valence-electron chi connectivity index (χ4n) is 5.76. The van der Waals surface area contributed by atoms with Crippen LogP contribution in [0.5, 0.6) is 0 Å². The summed E-state index contributed by atoms with van der Waals surface area (Å²) in [7, 11) is 2.23. The maximum atomic E-state index is 5.81. The lowest BCUT2D eigenvalue weighted by Crippen LogP contribution is -2.60. The van der Waals surface area contributed by atoms with E-state index in [2.05, 4.69) is 49.3 Å². The van der Waals surface area contributed by atoms with E-state index in [1.807, 2.05) is 0 Å². The fourth-order valence-corrected chi connectivity index (χ4v) is 6.06. The normalized spacial score (nSPS) is 34.5. The second-order valence-electron chi connectivity index (χ2n) is 8.45. The molecule has 0 unspecified atom stereocenters. The Bertz CT molecular complexity index is 601. The summed E-state index contributed by atoms with van der Waals surface area (Å²) in [5.74, 6) is 2.85. The standard InChI is InChI=1S/C20H28N2S/c1-13-4-5-14(2)18(6-13)21-19(23)22(3)20-10-15-7-16(11-20)9-17(8-15)12-20/h4-6,15-17H,7-12H2,1-3H3,(H,21,23). The van der Waals surface area contributed by atoms with Crippen molar-refractivity contribution in [2.75, 3.05) is 12.4 Å². The first kappa shape index (κ1) is 15.4. The first-order valence-electron chi connectivity index (χ1n) is 9.07. The second-order valence-corrected chi connectivity index (χ2v) is 8.84. The molecule has 4 saturated carbocycles. The number of nitrogens with one attached hydrogen (secondary N) is 1. The van der Waals surface area contributed by atoms with Gasteiger partial charge in [0.2, 0.25) is 0 Å². The number of nitrogens with zero attached hydrogens (tertiary/aromatic N) is 1. The molecule has 1 aromatic carbocycles. The van der Waals surface area contributed by atoms with Crippen LogP contribution in [-0.4, -0.2) is 22.6 Å². The van der Waals surface area contributed by atoms with E-state index in [0.29, 0.717) is 5.54 Å². The highest BCUT2D eigenvalue weighted by Crippen LogP contribution is 2.57. The molecule has 0 amide bonds. The van der Waals surface area contributed by atoms with Gasteiger partial charge in [-0.1, -0.05) is 12.1 Å². The molecule has 0 aromatic heterocycles. The Hall–Kier alpha value is -1.09. The van der Waals surface area contributed by atoms with Gasteiger partial charge in [0, 0.05) is 18.3 Å². The predicted octanol–water partition coefficient (Wildman–Crippen LogP) is 4.90. The van der Waals surface area contributed by atoms with Crippen molar-refractivity contribution in [3.05, 3.63) is 29.3 Å². The van der Waals surface area contributed by atoms with Crippen LogP contribution < -0.4 is 5.32 Å². The maximum Gasteiger partial charge on any atom is 0.173 e. The van der Waals surface area contributed by atoms with Gasteiger partial charge in [0.1, 0.15) is 0 Å². The molecule has 0 spiro atoms. The molecule has 4 bridgehead atoms. The van der Waals surface area contributed by atoms with Crippen LogP contribution in [-0.2, 0) is 0 Å². The summed E-state index contributed by atoms with van der Waals surface area (Å²) in [4.78, 5) is 2.43. The molecule has 124 valence electrons. The summed E-state index contributed by atoms with van der Waals surface area (Å²) in [6.07, 6.45) is 8.48. The van der Waals surface area contributed by atoms with Crippen molar-refractivity contribution < 1.29 is 0 Å². The van der Waals surface area contributed by atoms with Gasteiger partial charge < -0.3 is 10.2 Å². The van der Waals surface area contributed by atoms with E-state index in [1.165, 1.54) is 49.7 Å². The van der Waals surface area contributed by atoms with Crippen LogP contribution in [0.2, 0.25) is 0 Å². The van der Waals surface area contributed by atoms with Gasteiger partial charge >= 0.3 is 0 Å².